The molecular weight excluding hydrogens is 432 g/mol. The van der Waals surface area contributed by atoms with Gasteiger partial charge >= 0.3 is 6.36 Å². The predicted molar refractivity (Wildman–Crippen MR) is 103 cm³/mol. The van der Waals surface area contributed by atoms with E-state index in [1.54, 1.807) is 20.8 Å². The van der Waals surface area contributed by atoms with Crippen LogP contribution in [0.4, 0.5) is 13.2 Å². The minimum absolute atomic E-state index is 0.0527. The number of benzene rings is 2. The molecule has 0 bridgehead atoms. The summed E-state index contributed by atoms with van der Waals surface area (Å²) in [6.07, 6.45) is -4.84. The van der Waals surface area contributed by atoms with Crippen molar-refractivity contribution in [3.8, 4) is 5.75 Å². The number of amides is 2. The summed E-state index contributed by atoms with van der Waals surface area (Å²) in [6.45, 7) is 5.03. The van der Waals surface area contributed by atoms with Crippen LogP contribution in [-0.2, 0) is 0 Å². The Morgan fingerprint density at radius 3 is 2.07 bits per heavy atom. The zero-order valence-electron chi connectivity index (χ0n) is 15.6. The summed E-state index contributed by atoms with van der Waals surface area (Å²) in [5, 5.41) is 1.52. The van der Waals surface area contributed by atoms with E-state index in [0.717, 1.165) is 17.1 Å². The molecule has 10 heteroatoms. The second kappa shape index (κ2) is 8.51. The third-order valence-electron chi connectivity index (χ3n) is 3.60. The van der Waals surface area contributed by atoms with Crippen molar-refractivity contribution in [3.05, 3.63) is 63.6 Å². The van der Waals surface area contributed by atoms with Crippen LogP contribution < -0.4 is 10.2 Å². The fourth-order valence-corrected chi connectivity index (χ4v) is 2.78. The molecule has 5 nitrogen and oxygen atoms in total. The van der Waals surface area contributed by atoms with Crippen molar-refractivity contribution in [2.45, 2.75) is 32.7 Å². The zero-order valence-corrected chi connectivity index (χ0v) is 17.1. The summed E-state index contributed by atoms with van der Waals surface area (Å²) in [6, 6.07) is 8.65. The SMILES string of the molecule is CC(C)(C)N(NC(=O)c1ccc(Cl)cc1Cl)C(=O)c1ccc(OC(F)(F)F)cc1. The Morgan fingerprint density at radius 2 is 1.59 bits per heavy atom. The van der Waals surface area contributed by atoms with E-state index in [1.165, 1.54) is 30.3 Å². The number of alkyl halides is 3. The van der Waals surface area contributed by atoms with E-state index in [4.69, 9.17) is 23.2 Å². The molecule has 2 rings (SSSR count). The van der Waals surface area contributed by atoms with Gasteiger partial charge in [0.2, 0.25) is 0 Å². The minimum atomic E-state index is -4.84. The highest BCUT2D eigenvalue weighted by Crippen LogP contribution is 2.25. The quantitative estimate of drug-likeness (QED) is 0.632. The molecule has 0 saturated heterocycles. The average molecular weight is 449 g/mol. The summed E-state index contributed by atoms with van der Waals surface area (Å²) < 4.78 is 40.6. The topological polar surface area (TPSA) is 58.6 Å². The molecule has 0 saturated carbocycles. The number of carbonyl (C=O) groups excluding carboxylic acids is 2. The smallest absolute Gasteiger partial charge is 0.406 e. The molecule has 0 heterocycles. The molecule has 1 N–H and O–H groups in total. The predicted octanol–water partition coefficient (Wildman–Crippen LogP) is 5.48. The van der Waals surface area contributed by atoms with Crippen LogP contribution in [0.5, 0.6) is 5.75 Å². The highest BCUT2D eigenvalue weighted by atomic mass is 35.5. The standard InChI is InChI=1S/C19H17Cl2F3N2O3/c1-18(2,3)26(25-16(27)14-9-6-12(20)10-15(14)21)17(28)11-4-7-13(8-5-11)29-19(22,23)24/h4-10H,1-3H3,(H,25,27). The van der Waals surface area contributed by atoms with Gasteiger partial charge in [-0.3, -0.25) is 15.0 Å². The van der Waals surface area contributed by atoms with E-state index in [9.17, 15) is 22.8 Å². The van der Waals surface area contributed by atoms with E-state index in [0.29, 0.717) is 5.02 Å². The van der Waals surface area contributed by atoms with Crippen LogP contribution in [0.15, 0.2) is 42.5 Å². The van der Waals surface area contributed by atoms with Crippen molar-refractivity contribution < 1.29 is 27.5 Å². The van der Waals surface area contributed by atoms with Crippen molar-refractivity contribution in [1.29, 1.82) is 0 Å². The van der Waals surface area contributed by atoms with Crippen LogP contribution in [0.2, 0.25) is 10.0 Å². The lowest BCUT2D eigenvalue weighted by molar-refractivity contribution is -0.274. The molecular formula is C19H17Cl2F3N2O3. The highest BCUT2D eigenvalue weighted by molar-refractivity contribution is 6.36. The fraction of sp³-hybridized carbons (Fsp3) is 0.263. The van der Waals surface area contributed by atoms with Crippen LogP contribution in [0.1, 0.15) is 41.5 Å². The molecule has 0 aliphatic carbocycles. The van der Waals surface area contributed by atoms with Gasteiger partial charge in [0, 0.05) is 10.6 Å². The molecule has 0 fully saturated rings. The molecule has 0 aromatic heterocycles. The van der Waals surface area contributed by atoms with Crippen LogP contribution in [-0.4, -0.2) is 28.7 Å². The molecule has 2 amide bonds. The molecule has 0 radical (unpaired) electrons. The Kier molecular flexibility index (Phi) is 6.70. The van der Waals surface area contributed by atoms with Gasteiger partial charge in [-0.15, -0.1) is 13.2 Å². The number of hydrazine groups is 1. The van der Waals surface area contributed by atoms with Gasteiger partial charge < -0.3 is 4.74 Å². The number of halogens is 5. The summed E-state index contributed by atoms with van der Waals surface area (Å²) in [5.41, 5.74) is 1.79. The van der Waals surface area contributed by atoms with Crippen molar-refractivity contribution in [2.24, 2.45) is 0 Å². The minimum Gasteiger partial charge on any atom is -0.406 e. The molecule has 156 valence electrons. The molecule has 2 aromatic rings. The second-order valence-electron chi connectivity index (χ2n) is 6.95. The first kappa shape index (κ1) is 22.8. The van der Waals surface area contributed by atoms with Gasteiger partial charge in [0.15, 0.2) is 0 Å². The molecule has 0 atom stereocenters. The van der Waals surface area contributed by atoms with E-state index in [2.05, 4.69) is 10.2 Å². The van der Waals surface area contributed by atoms with Crippen molar-refractivity contribution >= 4 is 35.0 Å². The van der Waals surface area contributed by atoms with Gasteiger partial charge in [0.1, 0.15) is 5.75 Å². The lowest BCUT2D eigenvalue weighted by Crippen LogP contribution is -2.55. The third-order valence-corrected chi connectivity index (χ3v) is 4.15. The largest absolute Gasteiger partial charge is 0.573 e. The number of hydrogen-bond donors (Lipinski definition) is 1. The van der Waals surface area contributed by atoms with Gasteiger partial charge in [-0.05, 0) is 63.2 Å². The lowest BCUT2D eigenvalue weighted by Gasteiger charge is -2.35. The number of hydrogen-bond acceptors (Lipinski definition) is 3. The molecule has 0 unspecified atom stereocenters. The van der Waals surface area contributed by atoms with Crippen LogP contribution >= 0.6 is 23.2 Å². The molecule has 0 aliphatic rings. The molecule has 29 heavy (non-hydrogen) atoms. The zero-order chi connectivity index (χ0) is 22.0. The van der Waals surface area contributed by atoms with E-state index < -0.39 is 29.5 Å². The second-order valence-corrected chi connectivity index (χ2v) is 7.79. The Bertz CT molecular complexity index is 910. The van der Waals surface area contributed by atoms with Crippen molar-refractivity contribution in [3.63, 3.8) is 0 Å². The number of carbonyl (C=O) groups is 2. The maximum atomic E-state index is 12.9. The number of nitrogens with zero attached hydrogens (tertiary/aromatic N) is 1. The fourth-order valence-electron chi connectivity index (χ4n) is 2.29. The van der Waals surface area contributed by atoms with E-state index in [1.807, 2.05) is 0 Å². The first-order chi connectivity index (χ1) is 13.3. The average Bonchev–Trinajstić information content (AvgIpc) is 2.57. The van der Waals surface area contributed by atoms with Gasteiger partial charge in [-0.1, -0.05) is 23.2 Å². The number of rotatable bonds is 3. The van der Waals surface area contributed by atoms with Crippen LogP contribution in [0.25, 0.3) is 0 Å². The summed E-state index contributed by atoms with van der Waals surface area (Å²) in [7, 11) is 0. The Labute approximate surface area is 175 Å². The molecule has 2 aromatic carbocycles. The first-order valence-corrected chi connectivity index (χ1v) is 9.00. The summed E-state index contributed by atoms with van der Waals surface area (Å²) >= 11 is 11.9. The monoisotopic (exact) mass is 448 g/mol. The van der Waals surface area contributed by atoms with Gasteiger partial charge in [-0.2, -0.15) is 0 Å². The van der Waals surface area contributed by atoms with E-state index in [-0.39, 0.29) is 16.1 Å². The maximum absolute atomic E-state index is 12.9. The number of nitrogens with one attached hydrogen (secondary N) is 1. The maximum Gasteiger partial charge on any atom is 0.573 e. The normalized spacial score (nSPS) is 11.7. The van der Waals surface area contributed by atoms with Crippen molar-refractivity contribution in [2.75, 3.05) is 0 Å². The lowest BCUT2D eigenvalue weighted by atomic mass is 10.1. The molecule has 0 spiro atoms. The van der Waals surface area contributed by atoms with Gasteiger partial charge in [-0.25, -0.2) is 5.01 Å². The van der Waals surface area contributed by atoms with Crippen LogP contribution in [0, 0.1) is 0 Å². The summed E-state index contributed by atoms with van der Waals surface area (Å²) in [4.78, 5) is 25.5. The highest BCUT2D eigenvalue weighted by Gasteiger charge is 2.32. The van der Waals surface area contributed by atoms with Gasteiger partial charge in [0.25, 0.3) is 11.8 Å². The van der Waals surface area contributed by atoms with E-state index >= 15 is 0 Å². The van der Waals surface area contributed by atoms with Crippen LogP contribution in [0.3, 0.4) is 0 Å². The van der Waals surface area contributed by atoms with Crippen molar-refractivity contribution in [1.82, 2.24) is 10.4 Å². The first-order valence-electron chi connectivity index (χ1n) is 8.24. The number of ether oxygens (including phenoxy) is 1. The Balaban J connectivity index is 2.26. The summed E-state index contributed by atoms with van der Waals surface area (Å²) in [5.74, 6) is -1.74. The Hall–Kier alpha value is -2.45. The third kappa shape index (κ3) is 6.27. The Morgan fingerprint density at radius 1 is 1.00 bits per heavy atom. The molecule has 0 aliphatic heterocycles. The van der Waals surface area contributed by atoms with Gasteiger partial charge in [0.05, 0.1) is 16.1 Å².